The largest absolute Gasteiger partial charge is 0.493 e. The zero-order valence-corrected chi connectivity index (χ0v) is 12.4. The van der Waals surface area contributed by atoms with Gasteiger partial charge < -0.3 is 14.8 Å². The number of aromatic amines is 1. The van der Waals surface area contributed by atoms with Crippen LogP contribution in [0.4, 0.5) is 0 Å². The summed E-state index contributed by atoms with van der Waals surface area (Å²) in [5.41, 5.74) is 2.00. The van der Waals surface area contributed by atoms with Crippen molar-refractivity contribution in [3.63, 3.8) is 0 Å². The molecular formula is C15H18ClN3O2. The first-order chi connectivity index (χ1) is 10.3. The molecule has 5 nitrogen and oxygen atoms in total. The lowest BCUT2D eigenvalue weighted by atomic mass is 10.2. The average Bonchev–Trinajstić information content (AvgIpc) is 2.99. The van der Waals surface area contributed by atoms with Gasteiger partial charge in [-0.1, -0.05) is 11.6 Å². The molecule has 0 radical (unpaired) electrons. The van der Waals surface area contributed by atoms with Gasteiger partial charge in [-0.25, -0.2) is 0 Å². The van der Waals surface area contributed by atoms with Crippen molar-refractivity contribution in [2.45, 2.75) is 12.5 Å². The molecule has 1 unspecified atom stereocenters. The van der Waals surface area contributed by atoms with Crippen LogP contribution in [0.2, 0.25) is 5.02 Å². The molecule has 1 aliphatic rings. The van der Waals surface area contributed by atoms with Crippen molar-refractivity contribution in [1.29, 1.82) is 0 Å². The second kappa shape index (κ2) is 6.93. The molecule has 1 aliphatic heterocycles. The number of aromatic nitrogens is 2. The van der Waals surface area contributed by atoms with Gasteiger partial charge in [0.2, 0.25) is 0 Å². The molecule has 3 rings (SSSR count). The van der Waals surface area contributed by atoms with Crippen molar-refractivity contribution in [1.82, 2.24) is 15.5 Å². The first-order valence-electron chi connectivity index (χ1n) is 7.06. The SMILES string of the molecule is Clc1ccc(OCCc2cc(C3CNCCO3)n[nH]2)cc1. The Bertz CT molecular complexity index is 565. The van der Waals surface area contributed by atoms with Crippen molar-refractivity contribution >= 4 is 11.6 Å². The normalized spacial score (nSPS) is 18.6. The summed E-state index contributed by atoms with van der Waals surface area (Å²) in [5.74, 6) is 0.818. The van der Waals surface area contributed by atoms with E-state index in [1.54, 1.807) is 0 Å². The van der Waals surface area contributed by atoms with E-state index in [1.165, 1.54) is 0 Å². The molecule has 6 heteroatoms. The summed E-state index contributed by atoms with van der Waals surface area (Å²) in [6, 6.07) is 9.41. The van der Waals surface area contributed by atoms with Crippen LogP contribution in [-0.4, -0.2) is 36.5 Å². The van der Waals surface area contributed by atoms with Gasteiger partial charge >= 0.3 is 0 Å². The lowest BCUT2D eigenvalue weighted by molar-refractivity contribution is 0.0250. The molecular weight excluding hydrogens is 290 g/mol. The zero-order chi connectivity index (χ0) is 14.5. The summed E-state index contributed by atoms with van der Waals surface area (Å²) in [6.45, 7) is 3.04. The van der Waals surface area contributed by atoms with Gasteiger partial charge in [0.1, 0.15) is 11.9 Å². The highest BCUT2D eigenvalue weighted by Crippen LogP contribution is 2.18. The predicted octanol–water partition coefficient (Wildman–Crippen LogP) is 2.35. The number of halogens is 1. The molecule has 0 aliphatic carbocycles. The van der Waals surface area contributed by atoms with Crippen LogP contribution in [0.3, 0.4) is 0 Å². The van der Waals surface area contributed by atoms with Crippen LogP contribution in [0.15, 0.2) is 30.3 Å². The van der Waals surface area contributed by atoms with Gasteiger partial charge in [-0.3, -0.25) is 5.10 Å². The molecule has 0 spiro atoms. The van der Waals surface area contributed by atoms with E-state index in [2.05, 4.69) is 15.5 Å². The Balaban J connectivity index is 1.49. The number of hydrogen-bond acceptors (Lipinski definition) is 4. The number of nitrogens with zero attached hydrogens (tertiary/aromatic N) is 1. The minimum Gasteiger partial charge on any atom is -0.493 e. The van der Waals surface area contributed by atoms with Crippen LogP contribution in [0.1, 0.15) is 17.5 Å². The summed E-state index contributed by atoms with van der Waals surface area (Å²) in [5, 5.41) is 11.4. The highest BCUT2D eigenvalue weighted by Gasteiger charge is 2.18. The average molecular weight is 308 g/mol. The standard InChI is InChI=1S/C15H18ClN3O2/c16-11-1-3-13(4-2-11)20-7-5-12-9-14(19-18-12)15-10-17-6-8-21-15/h1-4,9,15,17H,5-8,10H2,(H,18,19). The summed E-state index contributed by atoms with van der Waals surface area (Å²) in [6.07, 6.45) is 0.816. The van der Waals surface area contributed by atoms with Gasteiger partial charge in [0.25, 0.3) is 0 Å². The first kappa shape index (κ1) is 14.4. The molecule has 2 heterocycles. The number of benzene rings is 1. The van der Waals surface area contributed by atoms with Crippen LogP contribution < -0.4 is 10.1 Å². The van der Waals surface area contributed by atoms with Crippen LogP contribution in [-0.2, 0) is 11.2 Å². The Hall–Kier alpha value is -1.56. The van der Waals surface area contributed by atoms with E-state index < -0.39 is 0 Å². The monoisotopic (exact) mass is 307 g/mol. The fourth-order valence-electron chi connectivity index (χ4n) is 2.24. The summed E-state index contributed by atoms with van der Waals surface area (Å²) in [4.78, 5) is 0. The summed E-state index contributed by atoms with van der Waals surface area (Å²) in [7, 11) is 0. The van der Waals surface area contributed by atoms with Gasteiger partial charge in [-0.05, 0) is 30.3 Å². The van der Waals surface area contributed by atoms with Crippen LogP contribution in [0.5, 0.6) is 5.75 Å². The Labute approximate surface area is 128 Å². The lowest BCUT2D eigenvalue weighted by Gasteiger charge is -2.21. The van der Waals surface area contributed by atoms with Gasteiger partial charge in [-0.2, -0.15) is 5.10 Å². The second-order valence-corrected chi connectivity index (χ2v) is 5.37. The minimum atomic E-state index is 0.0425. The molecule has 2 N–H and O–H groups in total. The molecule has 21 heavy (non-hydrogen) atoms. The van der Waals surface area contributed by atoms with E-state index in [0.29, 0.717) is 11.6 Å². The van der Waals surface area contributed by atoms with E-state index >= 15 is 0 Å². The number of rotatable bonds is 5. The van der Waals surface area contributed by atoms with E-state index in [0.717, 1.165) is 43.3 Å². The molecule has 1 atom stereocenters. The number of ether oxygens (including phenoxy) is 2. The maximum Gasteiger partial charge on any atom is 0.119 e. The van der Waals surface area contributed by atoms with Crippen LogP contribution in [0, 0.1) is 0 Å². The van der Waals surface area contributed by atoms with Crippen molar-refractivity contribution in [3.05, 3.63) is 46.7 Å². The smallest absolute Gasteiger partial charge is 0.119 e. The highest BCUT2D eigenvalue weighted by molar-refractivity contribution is 6.30. The fourth-order valence-corrected chi connectivity index (χ4v) is 2.36. The van der Waals surface area contributed by atoms with Crippen molar-refractivity contribution in [3.8, 4) is 5.75 Å². The zero-order valence-electron chi connectivity index (χ0n) is 11.6. The van der Waals surface area contributed by atoms with Gasteiger partial charge in [0.05, 0.1) is 18.9 Å². The number of morpholine rings is 1. The van der Waals surface area contributed by atoms with Gasteiger partial charge in [0.15, 0.2) is 0 Å². The van der Waals surface area contributed by atoms with E-state index in [1.807, 2.05) is 30.3 Å². The Morgan fingerprint density at radius 2 is 2.19 bits per heavy atom. The molecule has 1 saturated heterocycles. The third-order valence-corrected chi connectivity index (χ3v) is 3.61. The van der Waals surface area contributed by atoms with E-state index in [4.69, 9.17) is 21.1 Å². The third-order valence-electron chi connectivity index (χ3n) is 3.36. The maximum absolute atomic E-state index is 5.83. The lowest BCUT2D eigenvalue weighted by Crippen LogP contribution is -2.33. The van der Waals surface area contributed by atoms with Gasteiger partial charge in [0, 0.05) is 30.2 Å². The third kappa shape index (κ3) is 3.97. The maximum atomic E-state index is 5.83. The highest BCUT2D eigenvalue weighted by atomic mass is 35.5. The Morgan fingerprint density at radius 3 is 2.95 bits per heavy atom. The molecule has 0 bridgehead atoms. The van der Waals surface area contributed by atoms with Crippen molar-refractivity contribution in [2.24, 2.45) is 0 Å². The Morgan fingerprint density at radius 1 is 1.33 bits per heavy atom. The van der Waals surface area contributed by atoms with Crippen LogP contribution >= 0.6 is 11.6 Å². The van der Waals surface area contributed by atoms with E-state index in [-0.39, 0.29) is 6.10 Å². The van der Waals surface area contributed by atoms with Crippen LogP contribution in [0.25, 0.3) is 0 Å². The van der Waals surface area contributed by atoms with E-state index in [9.17, 15) is 0 Å². The van der Waals surface area contributed by atoms with Crippen molar-refractivity contribution < 1.29 is 9.47 Å². The number of hydrogen-bond donors (Lipinski definition) is 2. The summed E-state index contributed by atoms with van der Waals surface area (Å²) < 4.78 is 11.3. The molecule has 1 aromatic carbocycles. The van der Waals surface area contributed by atoms with Gasteiger partial charge in [-0.15, -0.1) is 0 Å². The molecule has 112 valence electrons. The predicted molar refractivity (Wildman–Crippen MR) is 80.8 cm³/mol. The summed E-state index contributed by atoms with van der Waals surface area (Å²) >= 11 is 5.83. The number of nitrogens with one attached hydrogen (secondary N) is 2. The fraction of sp³-hybridized carbons (Fsp3) is 0.400. The van der Waals surface area contributed by atoms with Crippen molar-refractivity contribution in [2.75, 3.05) is 26.3 Å². The number of H-pyrrole nitrogens is 1. The molecule has 1 fully saturated rings. The molecule has 2 aromatic rings. The molecule has 1 aromatic heterocycles. The molecule has 0 amide bonds. The minimum absolute atomic E-state index is 0.0425. The molecule has 0 saturated carbocycles. The topological polar surface area (TPSA) is 59.2 Å². The second-order valence-electron chi connectivity index (χ2n) is 4.93. The first-order valence-corrected chi connectivity index (χ1v) is 7.44. The Kier molecular flexibility index (Phi) is 4.75. The quantitative estimate of drug-likeness (QED) is 0.890.